The largest absolute Gasteiger partial charge is 0.484 e. The van der Waals surface area contributed by atoms with E-state index in [4.69, 9.17) is 21.3 Å². The quantitative estimate of drug-likeness (QED) is 0.403. The maximum absolute atomic E-state index is 13.0. The third-order valence-electron chi connectivity index (χ3n) is 4.53. The average molecular weight is 480 g/mol. The zero-order valence-corrected chi connectivity index (χ0v) is 20.3. The second kappa shape index (κ2) is 12.1. The summed E-state index contributed by atoms with van der Waals surface area (Å²) in [5, 5.41) is 3.31. The van der Waals surface area contributed by atoms with Crippen molar-refractivity contribution in [2.45, 2.75) is 13.3 Å². The first kappa shape index (κ1) is 25.1. The molecule has 0 N–H and O–H groups in total. The van der Waals surface area contributed by atoms with Gasteiger partial charge in [-0.25, -0.2) is 4.98 Å². The average Bonchev–Trinajstić information content (AvgIpc) is 3.20. The normalized spacial score (nSPS) is 10.6. The predicted molar refractivity (Wildman–Crippen MR) is 132 cm³/mol. The SMILES string of the molecule is Cc1ccc(-c2csc(N(CCCN(C)C)C(=O)COc3ccc(Cl)cc3)n2)cc1.Cl. The molecule has 0 bridgehead atoms. The van der Waals surface area contributed by atoms with Crippen LogP contribution in [0, 0.1) is 6.92 Å². The van der Waals surface area contributed by atoms with Crippen LogP contribution in [0.25, 0.3) is 11.3 Å². The molecule has 0 saturated heterocycles. The van der Waals surface area contributed by atoms with Crippen LogP contribution in [0.4, 0.5) is 5.13 Å². The van der Waals surface area contributed by atoms with E-state index in [1.54, 1.807) is 29.2 Å². The first-order valence-corrected chi connectivity index (χ1v) is 11.0. The van der Waals surface area contributed by atoms with Gasteiger partial charge in [-0.15, -0.1) is 23.7 Å². The van der Waals surface area contributed by atoms with E-state index in [1.807, 2.05) is 19.5 Å². The van der Waals surface area contributed by atoms with E-state index in [0.29, 0.717) is 22.4 Å². The number of aromatic nitrogens is 1. The maximum Gasteiger partial charge on any atom is 0.266 e. The Labute approximate surface area is 199 Å². The Kier molecular flexibility index (Phi) is 9.78. The number of halogens is 2. The van der Waals surface area contributed by atoms with Crippen LogP contribution in [0.1, 0.15) is 12.0 Å². The highest BCUT2D eigenvalue weighted by molar-refractivity contribution is 7.14. The second-order valence-electron chi connectivity index (χ2n) is 7.33. The van der Waals surface area contributed by atoms with Crippen molar-refractivity contribution in [3.63, 3.8) is 0 Å². The Hall–Kier alpha value is -2.12. The molecule has 0 aliphatic heterocycles. The van der Waals surface area contributed by atoms with Gasteiger partial charge in [0.05, 0.1) is 5.69 Å². The molecule has 31 heavy (non-hydrogen) atoms. The Morgan fingerprint density at radius 2 is 1.74 bits per heavy atom. The van der Waals surface area contributed by atoms with Gasteiger partial charge < -0.3 is 9.64 Å². The van der Waals surface area contributed by atoms with Crippen molar-refractivity contribution >= 4 is 46.4 Å². The molecule has 0 spiro atoms. The van der Waals surface area contributed by atoms with Crippen LogP contribution in [0.5, 0.6) is 5.75 Å². The molecule has 5 nitrogen and oxygen atoms in total. The summed E-state index contributed by atoms with van der Waals surface area (Å²) in [5.41, 5.74) is 3.12. The van der Waals surface area contributed by atoms with Crippen LogP contribution >= 0.6 is 35.3 Å². The molecule has 0 atom stereocenters. The number of nitrogens with zero attached hydrogens (tertiary/aromatic N) is 3. The zero-order valence-electron chi connectivity index (χ0n) is 17.9. The number of amides is 1. The number of thiazole rings is 1. The molecule has 166 valence electrons. The summed E-state index contributed by atoms with van der Waals surface area (Å²) in [6.45, 7) is 3.48. The molecule has 3 rings (SSSR count). The van der Waals surface area contributed by atoms with E-state index in [1.165, 1.54) is 16.9 Å². The lowest BCUT2D eigenvalue weighted by Crippen LogP contribution is -2.36. The van der Waals surface area contributed by atoms with Gasteiger partial charge in [-0.05, 0) is 58.3 Å². The molecule has 0 radical (unpaired) electrons. The highest BCUT2D eigenvalue weighted by atomic mass is 35.5. The van der Waals surface area contributed by atoms with Crippen LogP contribution in [-0.4, -0.2) is 49.6 Å². The van der Waals surface area contributed by atoms with Crippen molar-refractivity contribution in [3.8, 4) is 17.0 Å². The lowest BCUT2D eigenvalue weighted by atomic mass is 10.1. The molecule has 0 saturated carbocycles. The maximum atomic E-state index is 13.0. The molecule has 1 amide bonds. The second-order valence-corrected chi connectivity index (χ2v) is 8.60. The smallest absolute Gasteiger partial charge is 0.266 e. The van der Waals surface area contributed by atoms with E-state index in [9.17, 15) is 4.79 Å². The lowest BCUT2D eigenvalue weighted by Gasteiger charge is -2.21. The van der Waals surface area contributed by atoms with E-state index >= 15 is 0 Å². The third-order valence-corrected chi connectivity index (χ3v) is 5.65. The van der Waals surface area contributed by atoms with Crippen molar-refractivity contribution in [1.82, 2.24) is 9.88 Å². The van der Waals surface area contributed by atoms with Crippen LogP contribution in [0.15, 0.2) is 53.9 Å². The van der Waals surface area contributed by atoms with E-state index < -0.39 is 0 Å². The Bertz CT molecular complexity index is 960. The Balaban J connectivity index is 0.00000341. The van der Waals surface area contributed by atoms with Gasteiger partial charge in [0.2, 0.25) is 0 Å². The number of carbonyl (C=O) groups excluding carboxylic acids is 1. The third kappa shape index (κ3) is 7.51. The number of anilines is 1. The number of benzene rings is 2. The number of rotatable bonds is 9. The van der Waals surface area contributed by atoms with Gasteiger partial charge in [0, 0.05) is 22.5 Å². The Morgan fingerprint density at radius 1 is 1.06 bits per heavy atom. The summed E-state index contributed by atoms with van der Waals surface area (Å²) in [5.74, 6) is 0.494. The molecular formula is C23H27Cl2N3O2S. The van der Waals surface area contributed by atoms with Gasteiger partial charge in [0.25, 0.3) is 5.91 Å². The summed E-state index contributed by atoms with van der Waals surface area (Å²) in [6.07, 6.45) is 0.846. The molecule has 0 fully saturated rings. The fourth-order valence-corrected chi connectivity index (χ4v) is 3.87. The van der Waals surface area contributed by atoms with Gasteiger partial charge in [-0.3, -0.25) is 9.69 Å². The predicted octanol–water partition coefficient (Wildman–Crippen LogP) is 5.56. The van der Waals surface area contributed by atoms with Crippen molar-refractivity contribution < 1.29 is 9.53 Å². The fraction of sp³-hybridized carbons (Fsp3) is 0.304. The van der Waals surface area contributed by atoms with Crippen LogP contribution < -0.4 is 9.64 Å². The summed E-state index contributed by atoms with van der Waals surface area (Å²) in [7, 11) is 4.05. The lowest BCUT2D eigenvalue weighted by molar-refractivity contribution is -0.120. The number of hydrogen-bond donors (Lipinski definition) is 0. The minimum atomic E-state index is -0.117. The number of aryl methyl sites for hydroxylation is 1. The number of carbonyl (C=O) groups is 1. The topological polar surface area (TPSA) is 45.7 Å². The molecular weight excluding hydrogens is 453 g/mol. The van der Waals surface area contributed by atoms with Crippen molar-refractivity contribution in [2.75, 3.05) is 38.7 Å². The van der Waals surface area contributed by atoms with Crippen LogP contribution in [0.3, 0.4) is 0 Å². The standard InChI is InChI=1S/C23H26ClN3O2S.ClH/c1-17-5-7-18(8-6-17)21-16-30-23(25-21)27(14-4-13-26(2)3)22(28)15-29-20-11-9-19(24)10-12-20;/h5-12,16H,4,13-15H2,1-3H3;1H. The molecule has 1 aromatic heterocycles. The van der Waals surface area contributed by atoms with Gasteiger partial charge in [-0.1, -0.05) is 41.4 Å². The molecule has 3 aromatic rings. The minimum Gasteiger partial charge on any atom is -0.484 e. The van der Waals surface area contributed by atoms with Crippen LogP contribution in [-0.2, 0) is 4.79 Å². The van der Waals surface area contributed by atoms with Gasteiger partial charge >= 0.3 is 0 Å². The van der Waals surface area contributed by atoms with Gasteiger partial charge in [0.15, 0.2) is 11.7 Å². The molecule has 2 aromatic carbocycles. The first-order chi connectivity index (χ1) is 14.4. The zero-order chi connectivity index (χ0) is 21.5. The highest BCUT2D eigenvalue weighted by Gasteiger charge is 2.20. The molecule has 0 aliphatic rings. The van der Waals surface area contributed by atoms with E-state index in [0.717, 1.165) is 24.2 Å². The first-order valence-electron chi connectivity index (χ1n) is 9.78. The van der Waals surface area contributed by atoms with Crippen molar-refractivity contribution in [3.05, 3.63) is 64.5 Å². The monoisotopic (exact) mass is 479 g/mol. The summed E-state index contributed by atoms with van der Waals surface area (Å²) in [6, 6.07) is 15.2. The van der Waals surface area contributed by atoms with Gasteiger partial charge in [0.1, 0.15) is 5.75 Å². The van der Waals surface area contributed by atoms with Crippen molar-refractivity contribution in [1.29, 1.82) is 0 Å². The number of ether oxygens (including phenoxy) is 1. The van der Waals surface area contributed by atoms with Crippen molar-refractivity contribution in [2.24, 2.45) is 0 Å². The molecule has 8 heteroatoms. The fourth-order valence-electron chi connectivity index (χ4n) is 2.87. The minimum absolute atomic E-state index is 0. The van der Waals surface area contributed by atoms with E-state index in [-0.39, 0.29) is 24.9 Å². The molecule has 1 heterocycles. The highest BCUT2D eigenvalue weighted by Crippen LogP contribution is 2.28. The molecule has 0 unspecified atom stereocenters. The summed E-state index contributed by atoms with van der Waals surface area (Å²) < 4.78 is 5.67. The van der Waals surface area contributed by atoms with E-state index in [2.05, 4.69) is 36.1 Å². The number of hydrogen-bond acceptors (Lipinski definition) is 5. The molecule has 0 aliphatic carbocycles. The summed E-state index contributed by atoms with van der Waals surface area (Å²) >= 11 is 7.38. The van der Waals surface area contributed by atoms with Gasteiger partial charge in [-0.2, -0.15) is 0 Å². The Morgan fingerprint density at radius 3 is 2.39 bits per heavy atom. The summed E-state index contributed by atoms with van der Waals surface area (Å²) in [4.78, 5) is 21.5. The van der Waals surface area contributed by atoms with Crippen LogP contribution in [0.2, 0.25) is 5.02 Å².